The van der Waals surface area contributed by atoms with E-state index in [4.69, 9.17) is 10.5 Å². The lowest BCUT2D eigenvalue weighted by molar-refractivity contribution is 0.120. The molecule has 1 aliphatic heterocycles. The van der Waals surface area contributed by atoms with Crippen molar-refractivity contribution in [1.29, 1.82) is 0 Å². The van der Waals surface area contributed by atoms with Gasteiger partial charge in [0.1, 0.15) is 5.82 Å². The number of ether oxygens (including phenoxy) is 1. The van der Waals surface area contributed by atoms with Crippen LogP contribution in [0.2, 0.25) is 0 Å². The van der Waals surface area contributed by atoms with Gasteiger partial charge in [0.2, 0.25) is 0 Å². The minimum atomic E-state index is 0.337. The fraction of sp³-hybridized carbons (Fsp3) is 0.545. The van der Waals surface area contributed by atoms with Gasteiger partial charge in [-0.3, -0.25) is 0 Å². The topological polar surface area (TPSA) is 60.2 Å². The van der Waals surface area contributed by atoms with Crippen LogP contribution in [0.3, 0.4) is 0 Å². The molecule has 1 unspecified atom stereocenters. The molecule has 0 aliphatic carbocycles. The molecule has 1 aromatic heterocycles. The number of nitrogens with zero attached hydrogens (tertiary/aromatic N) is 1. The van der Waals surface area contributed by atoms with Crippen LogP contribution in [-0.4, -0.2) is 24.2 Å². The molecule has 1 saturated heterocycles. The normalized spacial score (nSPS) is 20.5. The Labute approximate surface area is 89.8 Å². The number of hydrogen-bond acceptors (Lipinski definition) is 4. The van der Waals surface area contributed by atoms with Gasteiger partial charge in [0.05, 0.1) is 18.0 Å². The molecule has 82 valence electrons. The lowest BCUT2D eigenvalue weighted by Crippen LogP contribution is -2.19. The second kappa shape index (κ2) is 4.49. The maximum atomic E-state index is 5.63. The van der Waals surface area contributed by atoms with E-state index in [1.165, 1.54) is 6.42 Å². The molecule has 2 rings (SSSR count). The number of aryl methyl sites for hydroxylation is 1. The predicted molar refractivity (Wildman–Crippen MR) is 60.9 cm³/mol. The summed E-state index contributed by atoms with van der Waals surface area (Å²) in [6.07, 6.45) is 4.32. The number of pyridine rings is 1. The fourth-order valence-corrected chi connectivity index (χ4v) is 1.80. The van der Waals surface area contributed by atoms with E-state index in [1.807, 2.05) is 13.0 Å². The number of anilines is 2. The molecule has 1 fully saturated rings. The van der Waals surface area contributed by atoms with Crippen LogP contribution in [0.15, 0.2) is 12.3 Å². The van der Waals surface area contributed by atoms with Gasteiger partial charge in [0.25, 0.3) is 0 Å². The smallest absolute Gasteiger partial charge is 0.129 e. The molecule has 4 heteroatoms. The number of hydrogen-bond donors (Lipinski definition) is 2. The molecule has 0 saturated carbocycles. The number of aromatic nitrogens is 1. The summed E-state index contributed by atoms with van der Waals surface area (Å²) in [4.78, 5) is 4.25. The third-order valence-corrected chi connectivity index (χ3v) is 2.62. The summed E-state index contributed by atoms with van der Waals surface area (Å²) in [6.45, 7) is 3.72. The molecule has 1 aromatic rings. The van der Waals surface area contributed by atoms with Gasteiger partial charge >= 0.3 is 0 Å². The van der Waals surface area contributed by atoms with Crippen molar-refractivity contribution in [3.05, 3.63) is 17.8 Å². The summed E-state index contributed by atoms with van der Waals surface area (Å²) < 4.78 is 5.52. The van der Waals surface area contributed by atoms with Crippen LogP contribution in [0, 0.1) is 6.92 Å². The molecule has 1 atom stereocenters. The molecule has 3 N–H and O–H groups in total. The lowest BCUT2D eigenvalue weighted by atomic mass is 10.2. The van der Waals surface area contributed by atoms with Gasteiger partial charge in [0.15, 0.2) is 0 Å². The molecule has 4 nitrogen and oxygen atoms in total. The Balaban J connectivity index is 1.92. The Bertz CT molecular complexity index is 335. The molecule has 2 heterocycles. The predicted octanol–water partition coefficient (Wildman–Crippen LogP) is 1.56. The standard InChI is InChI=1S/C11H17N3O/c1-8-5-9(12)6-13-11(8)14-7-10-3-2-4-15-10/h5-6,10H,2-4,7,12H2,1H3,(H,13,14). The maximum absolute atomic E-state index is 5.63. The van der Waals surface area contributed by atoms with Crippen LogP contribution in [-0.2, 0) is 4.74 Å². The summed E-state index contributed by atoms with van der Waals surface area (Å²) in [5, 5.41) is 3.29. The molecule has 1 aliphatic rings. The monoisotopic (exact) mass is 207 g/mol. The van der Waals surface area contributed by atoms with E-state index in [-0.39, 0.29) is 0 Å². The first kappa shape index (κ1) is 10.2. The molecule has 0 radical (unpaired) electrons. The van der Waals surface area contributed by atoms with Crippen molar-refractivity contribution < 1.29 is 4.74 Å². The summed E-state index contributed by atoms with van der Waals surface area (Å²) in [7, 11) is 0. The van der Waals surface area contributed by atoms with Crippen LogP contribution < -0.4 is 11.1 Å². The van der Waals surface area contributed by atoms with Gasteiger partial charge in [-0.2, -0.15) is 0 Å². The van der Waals surface area contributed by atoms with Gasteiger partial charge in [-0.1, -0.05) is 0 Å². The van der Waals surface area contributed by atoms with Crippen LogP contribution in [0.1, 0.15) is 18.4 Å². The van der Waals surface area contributed by atoms with Crippen LogP contribution >= 0.6 is 0 Å². The first-order chi connectivity index (χ1) is 7.25. The summed E-state index contributed by atoms with van der Waals surface area (Å²) in [5.41, 5.74) is 7.41. The molecular weight excluding hydrogens is 190 g/mol. The Kier molecular flexibility index (Phi) is 3.06. The minimum Gasteiger partial charge on any atom is -0.397 e. The summed E-state index contributed by atoms with van der Waals surface area (Å²) in [6, 6.07) is 1.92. The first-order valence-corrected chi connectivity index (χ1v) is 5.33. The Morgan fingerprint density at radius 1 is 1.67 bits per heavy atom. The third kappa shape index (κ3) is 2.59. The van der Waals surface area contributed by atoms with E-state index in [0.29, 0.717) is 11.8 Å². The minimum absolute atomic E-state index is 0.337. The molecule has 0 amide bonds. The van der Waals surface area contributed by atoms with Crippen LogP contribution in [0.4, 0.5) is 11.5 Å². The summed E-state index contributed by atoms with van der Waals surface area (Å²) >= 11 is 0. The average molecular weight is 207 g/mol. The zero-order valence-corrected chi connectivity index (χ0v) is 8.99. The number of rotatable bonds is 3. The van der Waals surface area contributed by atoms with Crippen LogP contribution in [0.5, 0.6) is 0 Å². The molecule has 0 spiro atoms. The first-order valence-electron chi connectivity index (χ1n) is 5.33. The quantitative estimate of drug-likeness (QED) is 0.789. The molecule has 0 aromatic carbocycles. The maximum Gasteiger partial charge on any atom is 0.129 e. The Morgan fingerprint density at radius 2 is 2.53 bits per heavy atom. The van der Waals surface area contributed by atoms with E-state index >= 15 is 0 Å². The van der Waals surface area contributed by atoms with Gasteiger partial charge in [-0.15, -0.1) is 0 Å². The Morgan fingerprint density at radius 3 is 3.20 bits per heavy atom. The van der Waals surface area contributed by atoms with Gasteiger partial charge in [-0.05, 0) is 31.4 Å². The highest BCUT2D eigenvalue weighted by Gasteiger charge is 2.15. The largest absolute Gasteiger partial charge is 0.397 e. The lowest BCUT2D eigenvalue weighted by Gasteiger charge is -2.12. The highest BCUT2D eigenvalue weighted by Crippen LogP contribution is 2.16. The fourth-order valence-electron chi connectivity index (χ4n) is 1.80. The highest BCUT2D eigenvalue weighted by atomic mass is 16.5. The zero-order valence-electron chi connectivity index (χ0n) is 8.99. The average Bonchev–Trinajstić information content (AvgIpc) is 2.69. The van der Waals surface area contributed by atoms with E-state index in [2.05, 4.69) is 10.3 Å². The van der Waals surface area contributed by atoms with Crippen molar-refractivity contribution in [3.63, 3.8) is 0 Å². The number of nitrogen functional groups attached to an aromatic ring is 1. The van der Waals surface area contributed by atoms with Crippen molar-refractivity contribution >= 4 is 11.5 Å². The van der Waals surface area contributed by atoms with E-state index in [9.17, 15) is 0 Å². The van der Waals surface area contributed by atoms with Crippen molar-refractivity contribution in [2.24, 2.45) is 0 Å². The molecule has 0 bridgehead atoms. The number of nitrogens with two attached hydrogens (primary N) is 1. The van der Waals surface area contributed by atoms with Crippen molar-refractivity contribution in [1.82, 2.24) is 4.98 Å². The third-order valence-electron chi connectivity index (χ3n) is 2.62. The van der Waals surface area contributed by atoms with Crippen molar-refractivity contribution in [3.8, 4) is 0 Å². The second-order valence-electron chi connectivity index (χ2n) is 3.95. The molecule has 15 heavy (non-hydrogen) atoms. The van der Waals surface area contributed by atoms with Crippen molar-refractivity contribution in [2.45, 2.75) is 25.9 Å². The SMILES string of the molecule is Cc1cc(N)cnc1NCC1CCCO1. The Hall–Kier alpha value is -1.29. The zero-order chi connectivity index (χ0) is 10.7. The van der Waals surface area contributed by atoms with Gasteiger partial charge < -0.3 is 15.8 Å². The van der Waals surface area contributed by atoms with E-state index in [0.717, 1.165) is 31.0 Å². The number of nitrogens with one attached hydrogen (secondary N) is 1. The van der Waals surface area contributed by atoms with E-state index in [1.54, 1.807) is 6.20 Å². The van der Waals surface area contributed by atoms with E-state index < -0.39 is 0 Å². The highest BCUT2D eigenvalue weighted by molar-refractivity contribution is 5.50. The molecular formula is C11H17N3O. The van der Waals surface area contributed by atoms with Gasteiger partial charge in [0, 0.05) is 13.2 Å². The van der Waals surface area contributed by atoms with Crippen LogP contribution in [0.25, 0.3) is 0 Å². The summed E-state index contributed by atoms with van der Waals surface area (Å²) in [5.74, 6) is 0.903. The second-order valence-corrected chi connectivity index (χ2v) is 3.95. The van der Waals surface area contributed by atoms with Crippen molar-refractivity contribution in [2.75, 3.05) is 24.2 Å². The van der Waals surface area contributed by atoms with Gasteiger partial charge in [-0.25, -0.2) is 4.98 Å².